The third-order valence-electron chi connectivity index (χ3n) is 3.11. The quantitative estimate of drug-likeness (QED) is 0.695. The molecule has 0 amide bonds. The van der Waals surface area contributed by atoms with Gasteiger partial charge in [0.05, 0.1) is 17.1 Å². The first-order chi connectivity index (χ1) is 9.00. The summed E-state index contributed by atoms with van der Waals surface area (Å²) in [4.78, 5) is 0. The number of hydrogen-bond donors (Lipinski definition) is 2. The molecule has 7 heteroatoms. The average Bonchev–Trinajstić information content (AvgIpc) is 3.09. The van der Waals surface area contributed by atoms with E-state index in [1.165, 1.54) is 12.8 Å². The second-order valence-electron chi connectivity index (χ2n) is 5.02. The fraction of sp³-hybridized carbons (Fsp3) is 0.750. The largest absolute Gasteiger partial charge is 0.314 e. The summed E-state index contributed by atoms with van der Waals surface area (Å²) in [5, 5.41) is 7.53. The maximum absolute atomic E-state index is 12.0. The zero-order chi connectivity index (χ0) is 13.9. The van der Waals surface area contributed by atoms with Gasteiger partial charge in [0.2, 0.25) is 10.0 Å². The molecule has 1 saturated carbocycles. The van der Waals surface area contributed by atoms with Gasteiger partial charge >= 0.3 is 0 Å². The Morgan fingerprint density at radius 3 is 2.84 bits per heavy atom. The van der Waals surface area contributed by atoms with Crippen molar-refractivity contribution in [1.29, 1.82) is 0 Å². The summed E-state index contributed by atoms with van der Waals surface area (Å²) >= 11 is 0. The van der Waals surface area contributed by atoms with Crippen molar-refractivity contribution >= 4 is 15.7 Å². The summed E-state index contributed by atoms with van der Waals surface area (Å²) in [5.41, 5.74) is 1.38. The first kappa shape index (κ1) is 14.3. The highest BCUT2D eigenvalue weighted by Crippen LogP contribution is 2.18. The molecule has 2 rings (SSSR count). The fourth-order valence-corrected chi connectivity index (χ4v) is 3.09. The van der Waals surface area contributed by atoms with Crippen molar-refractivity contribution in [3.8, 4) is 0 Å². The maximum atomic E-state index is 12.0. The molecule has 0 aliphatic heterocycles. The van der Waals surface area contributed by atoms with Crippen LogP contribution in [0.1, 0.15) is 31.9 Å². The number of sulfonamides is 1. The van der Waals surface area contributed by atoms with Crippen molar-refractivity contribution in [2.24, 2.45) is 7.05 Å². The molecule has 19 heavy (non-hydrogen) atoms. The van der Waals surface area contributed by atoms with Crippen molar-refractivity contribution in [3.05, 3.63) is 11.9 Å². The molecule has 1 heterocycles. The standard InChI is InChI=1S/C12H22N4O2S/c1-3-11-12(9-16(2)14-11)15-19(17,18)8-4-7-13-10-5-6-10/h9-10,13,15H,3-8H2,1-2H3. The van der Waals surface area contributed by atoms with Gasteiger partial charge in [-0.2, -0.15) is 5.10 Å². The van der Waals surface area contributed by atoms with Crippen molar-refractivity contribution in [2.45, 2.75) is 38.6 Å². The first-order valence-electron chi connectivity index (χ1n) is 6.76. The van der Waals surface area contributed by atoms with Crippen molar-refractivity contribution in [1.82, 2.24) is 15.1 Å². The highest BCUT2D eigenvalue weighted by molar-refractivity contribution is 7.92. The van der Waals surface area contributed by atoms with E-state index in [0.29, 0.717) is 24.6 Å². The Morgan fingerprint density at radius 1 is 1.47 bits per heavy atom. The number of nitrogens with one attached hydrogen (secondary N) is 2. The van der Waals surface area contributed by atoms with Gasteiger partial charge < -0.3 is 5.32 Å². The van der Waals surface area contributed by atoms with Crippen molar-refractivity contribution < 1.29 is 8.42 Å². The topological polar surface area (TPSA) is 76.0 Å². The van der Waals surface area contributed by atoms with Crippen LogP contribution in [0.15, 0.2) is 6.20 Å². The smallest absolute Gasteiger partial charge is 0.232 e. The number of rotatable bonds is 8. The van der Waals surface area contributed by atoms with Crippen LogP contribution in [0.3, 0.4) is 0 Å². The lowest BCUT2D eigenvalue weighted by atomic mass is 10.3. The van der Waals surface area contributed by atoms with Gasteiger partial charge in [0.15, 0.2) is 0 Å². The third-order valence-corrected chi connectivity index (χ3v) is 4.46. The molecular formula is C12H22N4O2S. The van der Waals surface area contributed by atoms with Gasteiger partial charge in [-0.3, -0.25) is 9.40 Å². The molecule has 0 saturated heterocycles. The number of nitrogens with zero attached hydrogens (tertiary/aromatic N) is 2. The van der Waals surface area contributed by atoms with Gasteiger partial charge in [-0.15, -0.1) is 0 Å². The highest BCUT2D eigenvalue weighted by Gasteiger charge is 2.20. The molecule has 0 unspecified atom stereocenters. The van der Waals surface area contributed by atoms with E-state index in [1.807, 2.05) is 6.92 Å². The Bertz CT molecular complexity index is 520. The molecule has 0 aromatic carbocycles. The number of aryl methyl sites for hydroxylation is 2. The summed E-state index contributed by atoms with van der Waals surface area (Å²) in [6.07, 6.45) is 5.50. The van der Waals surface area contributed by atoms with E-state index in [4.69, 9.17) is 0 Å². The SMILES string of the molecule is CCc1nn(C)cc1NS(=O)(=O)CCCNC1CC1. The van der Waals surface area contributed by atoms with Crippen molar-refractivity contribution in [3.63, 3.8) is 0 Å². The predicted molar refractivity (Wildman–Crippen MR) is 75.6 cm³/mol. The maximum Gasteiger partial charge on any atom is 0.232 e. The Balaban J connectivity index is 1.84. The van der Waals surface area contributed by atoms with Gasteiger partial charge in [0.25, 0.3) is 0 Å². The lowest BCUT2D eigenvalue weighted by molar-refractivity contribution is 0.593. The monoisotopic (exact) mass is 286 g/mol. The van der Waals surface area contributed by atoms with E-state index < -0.39 is 10.0 Å². The second-order valence-corrected chi connectivity index (χ2v) is 6.86. The second kappa shape index (κ2) is 5.92. The zero-order valence-corrected chi connectivity index (χ0v) is 12.3. The molecule has 1 aromatic rings. The van der Waals surface area contributed by atoms with Gasteiger partial charge in [-0.25, -0.2) is 8.42 Å². The lowest BCUT2D eigenvalue weighted by Gasteiger charge is -2.07. The minimum absolute atomic E-state index is 0.144. The fourth-order valence-electron chi connectivity index (χ4n) is 1.96. The van der Waals surface area contributed by atoms with Crippen LogP contribution in [0.5, 0.6) is 0 Å². The van der Waals surface area contributed by atoms with Gasteiger partial charge in [0, 0.05) is 19.3 Å². The van der Waals surface area contributed by atoms with E-state index in [1.54, 1.807) is 17.9 Å². The third kappa shape index (κ3) is 4.50. The lowest BCUT2D eigenvalue weighted by Crippen LogP contribution is -2.23. The van der Waals surface area contributed by atoms with Crippen LogP contribution in [-0.2, 0) is 23.5 Å². The molecule has 1 aliphatic carbocycles. The molecule has 1 aliphatic rings. The van der Waals surface area contributed by atoms with E-state index in [2.05, 4.69) is 15.1 Å². The van der Waals surface area contributed by atoms with Gasteiger partial charge in [-0.1, -0.05) is 6.92 Å². The number of hydrogen-bond acceptors (Lipinski definition) is 4. The molecule has 0 atom stereocenters. The molecule has 1 aromatic heterocycles. The van der Waals surface area contributed by atoms with E-state index >= 15 is 0 Å². The van der Waals surface area contributed by atoms with Crippen LogP contribution in [0, 0.1) is 0 Å². The van der Waals surface area contributed by atoms with E-state index in [0.717, 1.165) is 12.2 Å². The highest BCUT2D eigenvalue weighted by atomic mass is 32.2. The van der Waals surface area contributed by atoms with Crippen LogP contribution in [0.4, 0.5) is 5.69 Å². The summed E-state index contributed by atoms with van der Waals surface area (Å²) in [7, 11) is -1.49. The van der Waals surface area contributed by atoms with Crippen molar-refractivity contribution in [2.75, 3.05) is 17.0 Å². The first-order valence-corrected chi connectivity index (χ1v) is 8.42. The number of anilines is 1. The minimum atomic E-state index is -3.27. The van der Waals surface area contributed by atoms with Crippen LogP contribution < -0.4 is 10.0 Å². The van der Waals surface area contributed by atoms with E-state index in [-0.39, 0.29) is 5.75 Å². The molecule has 2 N–H and O–H groups in total. The predicted octanol–water partition coefficient (Wildman–Crippen LogP) is 0.866. The summed E-state index contributed by atoms with van der Waals surface area (Å²) in [5.74, 6) is 0.144. The Labute approximate surface area is 114 Å². The molecule has 108 valence electrons. The van der Waals surface area contributed by atoms with Crippen LogP contribution in [-0.4, -0.2) is 36.5 Å². The normalized spacial score (nSPS) is 15.7. The molecule has 0 bridgehead atoms. The molecular weight excluding hydrogens is 264 g/mol. The van der Waals surface area contributed by atoms with Gasteiger partial charge in [0.1, 0.15) is 0 Å². The Hall–Kier alpha value is -1.08. The summed E-state index contributed by atoms with van der Waals surface area (Å²) in [6.45, 7) is 2.72. The van der Waals surface area contributed by atoms with E-state index in [9.17, 15) is 8.42 Å². The molecule has 0 radical (unpaired) electrons. The number of aromatic nitrogens is 2. The van der Waals surface area contributed by atoms with Crippen LogP contribution in [0.25, 0.3) is 0 Å². The molecule has 1 fully saturated rings. The summed E-state index contributed by atoms with van der Waals surface area (Å²) in [6, 6.07) is 0.626. The summed E-state index contributed by atoms with van der Waals surface area (Å²) < 4.78 is 28.2. The minimum Gasteiger partial charge on any atom is -0.314 e. The zero-order valence-electron chi connectivity index (χ0n) is 11.5. The van der Waals surface area contributed by atoms with Gasteiger partial charge in [-0.05, 0) is 32.2 Å². The Kier molecular flexibility index (Phi) is 4.46. The Morgan fingerprint density at radius 2 is 2.21 bits per heavy atom. The molecule has 6 nitrogen and oxygen atoms in total. The van der Waals surface area contributed by atoms with Crippen LogP contribution >= 0.6 is 0 Å². The molecule has 0 spiro atoms. The van der Waals surface area contributed by atoms with Crippen LogP contribution in [0.2, 0.25) is 0 Å². The average molecular weight is 286 g/mol.